The van der Waals surface area contributed by atoms with Crippen LogP contribution in [0.5, 0.6) is 0 Å². The van der Waals surface area contributed by atoms with Gasteiger partial charge in [-0.2, -0.15) is 0 Å². The Hall–Kier alpha value is 0.0569. The van der Waals surface area contributed by atoms with Gasteiger partial charge in [0.1, 0.15) is 0 Å². The summed E-state index contributed by atoms with van der Waals surface area (Å²) in [6, 6.07) is 0. The molecule has 0 unspecified atom stereocenters. The maximum atomic E-state index is 7.33. The molecule has 4 nitrogen and oxygen atoms in total. The van der Waals surface area contributed by atoms with Gasteiger partial charge in [0.05, 0.1) is 0 Å². The average Bonchev–Trinajstić information content (AvgIpc) is 2.42. The molecule has 0 amide bonds. The molecule has 25 heavy (non-hydrogen) atoms. The zero-order valence-corrected chi connectivity index (χ0v) is 17.8. The monoisotopic (exact) mass is 372 g/mol. The van der Waals surface area contributed by atoms with Crippen LogP contribution in [0.3, 0.4) is 0 Å². The molecule has 0 heterocycles. The smallest absolute Gasteiger partial charge is 0.368 e. The Morgan fingerprint density at radius 3 is 1.92 bits per heavy atom. The second-order valence-electron chi connectivity index (χ2n) is 10.2. The van der Waals surface area contributed by atoms with Crippen LogP contribution in [0.25, 0.3) is 0 Å². The van der Waals surface area contributed by atoms with Crippen LogP contribution in [0.15, 0.2) is 0 Å². The van der Waals surface area contributed by atoms with Crippen molar-refractivity contribution < 1.29 is 19.2 Å². The molecule has 3 rings (SSSR count). The van der Waals surface area contributed by atoms with Crippen molar-refractivity contribution in [1.82, 2.24) is 0 Å². The van der Waals surface area contributed by atoms with Gasteiger partial charge >= 0.3 is 9.05 Å². The SMILES string of the molecule is C[C@@H]1CCC[C@@]2(C)CC[C@H]3[C@H](C)CC[C@@H](C[C@H]12)C3(C)C.O[Si](O)(O)O. The van der Waals surface area contributed by atoms with E-state index in [1.54, 1.807) is 0 Å². The minimum absolute atomic E-state index is 0.593. The number of fused-ring (bicyclic) bond motifs is 3. The number of rotatable bonds is 0. The molecule has 6 atom stereocenters. The minimum atomic E-state index is -4.61. The highest BCUT2D eigenvalue weighted by Gasteiger charge is 2.50. The third-order valence-electron chi connectivity index (χ3n) is 8.22. The molecule has 0 aliphatic heterocycles. The Labute approximate surface area is 155 Å². The summed E-state index contributed by atoms with van der Waals surface area (Å²) in [5.74, 6) is 4.92. The van der Waals surface area contributed by atoms with E-state index in [1.807, 2.05) is 0 Å². The van der Waals surface area contributed by atoms with Gasteiger partial charge in [-0.15, -0.1) is 0 Å². The first-order valence-electron chi connectivity index (χ1n) is 10.2. The van der Waals surface area contributed by atoms with Crippen molar-refractivity contribution in [1.29, 1.82) is 0 Å². The molecular formula is C20H40O4Si. The Morgan fingerprint density at radius 1 is 0.760 bits per heavy atom. The van der Waals surface area contributed by atoms with E-state index in [-0.39, 0.29) is 0 Å². The van der Waals surface area contributed by atoms with Gasteiger partial charge in [-0.05, 0) is 72.5 Å². The molecule has 3 aliphatic rings. The summed E-state index contributed by atoms with van der Waals surface area (Å²) in [6.07, 6.45) is 12.0. The third-order valence-corrected chi connectivity index (χ3v) is 8.22. The second kappa shape index (κ2) is 7.59. The van der Waals surface area contributed by atoms with Gasteiger partial charge in [0, 0.05) is 0 Å². The van der Waals surface area contributed by atoms with Crippen LogP contribution in [0.1, 0.15) is 86.0 Å². The topological polar surface area (TPSA) is 80.9 Å². The van der Waals surface area contributed by atoms with E-state index in [9.17, 15) is 0 Å². The van der Waals surface area contributed by atoms with Crippen LogP contribution in [0, 0.1) is 40.4 Å². The Morgan fingerprint density at radius 2 is 1.32 bits per heavy atom. The fraction of sp³-hybridized carbons (Fsp3) is 1.00. The van der Waals surface area contributed by atoms with Gasteiger partial charge in [-0.25, -0.2) is 0 Å². The predicted molar refractivity (Wildman–Crippen MR) is 102 cm³/mol. The summed E-state index contributed by atoms with van der Waals surface area (Å²) in [6.45, 7) is 12.9. The summed E-state index contributed by atoms with van der Waals surface area (Å²) in [5, 5.41) is 0. The molecule has 0 aromatic carbocycles. The largest absolute Gasteiger partial charge is 0.668 e. The molecule has 3 saturated carbocycles. The first-order valence-corrected chi connectivity index (χ1v) is 12.0. The van der Waals surface area contributed by atoms with Crippen LogP contribution in [-0.4, -0.2) is 28.2 Å². The second-order valence-corrected chi connectivity index (χ2v) is 11.4. The zero-order chi connectivity index (χ0) is 19.0. The predicted octanol–water partition coefficient (Wildman–Crippen LogP) is 3.69. The highest BCUT2D eigenvalue weighted by atomic mass is 28.4. The number of hydrogen-bond donors (Lipinski definition) is 4. The fourth-order valence-corrected chi connectivity index (χ4v) is 6.67. The van der Waals surface area contributed by atoms with Crippen molar-refractivity contribution in [3.8, 4) is 0 Å². The van der Waals surface area contributed by atoms with Crippen LogP contribution in [-0.2, 0) is 0 Å². The minimum Gasteiger partial charge on any atom is -0.368 e. The summed E-state index contributed by atoms with van der Waals surface area (Å²) in [7, 11) is -4.61. The lowest BCUT2D eigenvalue weighted by Gasteiger charge is -2.57. The lowest BCUT2D eigenvalue weighted by Crippen LogP contribution is -2.48. The van der Waals surface area contributed by atoms with E-state index in [4.69, 9.17) is 19.2 Å². The lowest BCUT2D eigenvalue weighted by molar-refractivity contribution is -0.0692. The summed E-state index contributed by atoms with van der Waals surface area (Å²) >= 11 is 0. The van der Waals surface area contributed by atoms with Crippen molar-refractivity contribution in [2.75, 3.05) is 0 Å². The Kier molecular flexibility index (Phi) is 6.48. The van der Waals surface area contributed by atoms with Crippen LogP contribution in [0.4, 0.5) is 0 Å². The molecule has 0 saturated heterocycles. The molecule has 148 valence electrons. The van der Waals surface area contributed by atoms with E-state index in [0.29, 0.717) is 10.8 Å². The number of hydrogen-bond acceptors (Lipinski definition) is 4. The maximum absolute atomic E-state index is 7.33. The van der Waals surface area contributed by atoms with E-state index < -0.39 is 9.05 Å². The zero-order valence-electron chi connectivity index (χ0n) is 16.8. The standard InChI is InChI=1S/C20H36.H4O4Si/c1-14-7-6-11-20(5)12-10-17-15(2)8-9-16(13-18(14)20)19(17,3)4;1-5(2,3)4/h14-18H,6-13H2,1-5H3;1-4H/t14-,15-,16+,17+,18-,20+;/m1./s1. The Balaban J connectivity index is 0.000000399. The molecule has 3 aliphatic carbocycles. The first kappa shape index (κ1) is 21.4. The van der Waals surface area contributed by atoms with Crippen LogP contribution >= 0.6 is 0 Å². The van der Waals surface area contributed by atoms with Crippen molar-refractivity contribution in [3.05, 3.63) is 0 Å². The molecule has 0 radical (unpaired) electrons. The lowest BCUT2D eigenvalue weighted by atomic mass is 9.48. The van der Waals surface area contributed by atoms with E-state index >= 15 is 0 Å². The highest BCUT2D eigenvalue weighted by Crippen LogP contribution is 2.60. The van der Waals surface area contributed by atoms with Gasteiger partial charge in [-0.1, -0.05) is 53.9 Å². The van der Waals surface area contributed by atoms with Gasteiger partial charge in [0.15, 0.2) is 0 Å². The quantitative estimate of drug-likeness (QED) is 0.489. The van der Waals surface area contributed by atoms with Gasteiger partial charge in [0.25, 0.3) is 0 Å². The first-order chi connectivity index (χ1) is 11.3. The van der Waals surface area contributed by atoms with Gasteiger partial charge in [-0.3, -0.25) is 0 Å². The van der Waals surface area contributed by atoms with Crippen molar-refractivity contribution in [3.63, 3.8) is 0 Å². The summed E-state index contributed by atoms with van der Waals surface area (Å²) < 4.78 is 0. The molecule has 3 fully saturated rings. The molecule has 0 aromatic rings. The normalized spacial score (nSPS) is 43.8. The Bertz CT molecular complexity index is 441. The molecule has 0 spiro atoms. The van der Waals surface area contributed by atoms with Gasteiger partial charge < -0.3 is 19.2 Å². The van der Waals surface area contributed by atoms with Gasteiger partial charge in [0.2, 0.25) is 0 Å². The van der Waals surface area contributed by atoms with Crippen molar-refractivity contribution in [2.45, 2.75) is 86.0 Å². The highest BCUT2D eigenvalue weighted by molar-refractivity contribution is 6.46. The van der Waals surface area contributed by atoms with E-state index in [2.05, 4.69) is 34.6 Å². The molecule has 4 N–H and O–H groups in total. The maximum Gasteiger partial charge on any atom is 0.668 e. The van der Waals surface area contributed by atoms with Crippen LogP contribution < -0.4 is 0 Å². The molecule has 2 bridgehead atoms. The van der Waals surface area contributed by atoms with Crippen LogP contribution in [0.2, 0.25) is 0 Å². The summed E-state index contributed by atoms with van der Waals surface area (Å²) in [4.78, 5) is 29.3. The van der Waals surface area contributed by atoms with Crippen molar-refractivity contribution >= 4 is 9.05 Å². The van der Waals surface area contributed by atoms with E-state index in [1.165, 1.54) is 51.4 Å². The fourth-order valence-electron chi connectivity index (χ4n) is 6.67. The summed E-state index contributed by atoms with van der Waals surface area (Å²) in [5.41, 5.74) is 1.26. The molecule has 0 aromatic heterocycles. The average molecular weight is 373 g/mol. The third kappa shape index (κ3) is 5.07. The van der Waals surface area contributed by atoms with Crippen molar-refractivity contribution in [2.24, 2.45) is 40.4 Å². The molecular weight excluding hydrogens is 332 g/mol. The van der Waals surface area contributed by atoms with E-state index in [0.717, 1.165) is 29.6 Å². The molecule has 5 heteroatoms.